The lowest BCUT2D eigenvalue weighted by Gasteiger charge is -2.26. The maximum Gasteiger partial charge on any atom is 0.143 e. The van der Waals surface area contributed by atoms with Crippen molar-refractivity contribution in [1.82, 2.24) is 0 Å². The van der Waals surface area contributed by atoms with E-state index in [1.54, 1.807) is 35.6 Å². The normalized spacial score (nSPS) is 15.4. The summed E-state index contributed by atoms with van der Waals surface area (Å²) in [5, 5.41) is 4.73. The largest absolute Gasteiger partial charge is 0.455 e. The van der Waals surface area contributed by atoms with Crippen molar-refractivity contribution in [2.45, 2.75) is 0 Å². The van der Waals surface area contributed by atoms with Crippen molar-refractivity contribution in [3.63, 3.8) is 0 Å². The van der Waals surface area contributed by atoms with Gasteiger partial charge in [0, 0.05) is 42.3 Å². The van der Waals surface area contributed by atoms with Gasteiger partial charge in [0.2, 0.25) is 0 Å². The lowest BCUT2D eigenvalue weighted by molar-refractivity contribution is 0.672. The van der Waals surface area contributed by atoms with E-state index >= 15 is 0 Å². The SMILES string of the molecule is [2H]c1c([2H])c([2H])c(-c2c([2H])c([2H])c(N(c3c([2H])c([2H])c(-c4ccc5c(c4)sc4ccccc45)c([2H])c3[2H])c3cccc4oc5c6ccccc6ccc5c34)c([2H])c2[2H])c([2H])c1[2H]. The molecule has 0 spiro atoms. The molecule has 0 atom stereocenters. The first-order chi connectivity index (χ1) is 29.7. The van der Waals surface area contributed by atoms with Crippen LogP contribution >= 0.6 is 11.3 Å². The zero-order valence-corrected chi connectivity index (χ0v) is 26.3. The van der Waals surface area contributed by atoms with Gasteiger partial charge in [-0.05, 0) is 82.1 Å². The fourth-order valence-corrected chi connectivity index (χ4v) is 7.58. The van der Waals surface area contributed by atoms with Gasteiger partial charge in [-0.1, -0.05) is 121 Å². The summed E-state index contributed by atoms with van der Waals surface area (Å²) in [5.74, 6) is 0. The van der Waals surface area contributed by atoms with Gasteiger partial charge in [-0.3, -0.25) is 0 Å². The molecule has 230 valence electrons. The highest BCUT2D eigenvalue weighted by Gasteiger charge is 2.20. The van der Waals surface area contributed by atoms with Crippen molar-refractivity contribution in [3.8, 4) is 22.3 Å². The van der Waals surface area contributed by atoms with Crippen LogP contribution in [0.2, 0.25) is 0 Å². The number of fused-ring (bicyclic) bond motifs is 8. The van der Waals surface area contributed by atoms with E-state index in [1.807, 2.05) is 72.8 Å². The molecule has 0 fully saturated rings. The second kappa shape index (κ2) is 11.2. The van der Waals surface area contributed by atoms with Crippen molar-refractivity contribution in [1.29, 1.82) is 0 Å². The summed E-state index contributed by atoms with van der Waals surface area (Å²) < 4.78 is 126. The van der Waals surface area contributed by atoms with Crippen LogP contribution in [0, 0.1) is 0 Å². The molecule has 10 rings (SSSR count). The highest BCUT2D eigenvalue weighted by Crippen LogP contribution is 2.45. The van der Waals surface area contributed by atoms with Crippen molar-refractivity contribution >= 4 is 81.3 Å². The van der Waals surface area contributed by atoms with Gasteiger partial charge in [-0.2, -0.15) is 0 Å². The van der Waals surface area contributed by atoms with Crippen molar-refractivity contribution in [2.75, 3.05) is 4.90 Å². The maximum atomic E-state index is 9.61. The topological polar surface area (TPSA) is 16.4 Å². The van der Waals surface area contributed by atoms with Crippen LogP contribution in [0.15, 0.2) is 180 Å². The molecule has 2 heterocycles. The van der Waals surface area contributed by atoms with Crippen LogP contribution in [0.4, 0.5) is 17.1 Å². The summed E-state index contributed by atoms with van der Waals surface area (Å²) in [6.45, 7) is 0. The summed E-state index contributed by atoms with van der Waals surface area (Å²) in [4.78, 5) is 1.19. The van der Waals surface area contributed by atoms with Crippen LogP contribution in [0.1, 0.15) is 17.8 Å². The molecular formula is C46H29NOS. The predicted octanol–water partition coefficient (Wildman–Crippen LogP) is 13.9. The molecule has 2 nitrogen and oxygen atoms in total. The molecule has 0 saturated heterocycles. The third-order valence-corrected chi connectivity index (χ3v) is 9.83. The number of thiophene rings is 1. The third kappa shape index (κ3) is 4.62. The lowest BCUT2D eigenvalue weighted by Crippen LogP contribution is -2.10. The van der Waals surface area contributed by atoms with E-state index in [0.29, 0.717) is 27.5 Å². The summed E-state index contributed by atoms with van der Waals surface area (Å²) in [7, 11) is 0. The number of hydrogen-bond donors (Lipinski definition) is 0. The molecule has 0 N–H and O–H groups in total. The van der Waals surface area contributed by atoms with Crippen LogP contribution in [0.25, 0.3) is 75.1 Å². The monoisotopic (exact) mass is 656 g/mol. The van der Waals surface area contributed by atoms with E-state index in [2.05, 4.69) is 0 Å². The molecule has 0 radical (unpaired) electrons. The Labute approximate surface area is 306 Å². The molecule has 10 aromatic rings. The fourth-order valence-electron chi connectivity index (χ4n) is 6.44. The molecule has 0 bridgehead atoms. The average molecular weight is 657 g/mol. The Morgan fingerprint density at radius 3 is 1.94 bits per heavy atom. The Morgan fingerprint density at radius 1 is 0.490 bits per heavy atom. The predicted molar refractivity (Wildman–Crippen MR) is 210 cm³/mol. The Bertz CT molecular complexity index is 3510. The Hall–Kier alpha value is -6.16. The molecule has 8 aromatic carbocycles. The first kappa shape index (κ1) is 17.8. The Balaban J connectivity index is 1.29. The van der Waals surface area contributed by atoms with E-state index in [-0.39, 0.29) is 16.9 Å². The molecule has 0 aliphatic heterocycles. The lowest BCUT2D eigenvalue weighted by atomic mass is 10.0. The summed E-state index contributed by atoms with van der Waals surface area (Å²) in [5.41, 5.74) is -0.395. The summed E-state index contributed by atoms with van der Waals surface area (Å²) >= 11 is 1.54. The number of rotatable bonds is 5. The maximum absolute atomic E-state index is 9.61. The summed E-state index contributed by atoms with van der Waals surface area (Å²) in [6, 6.07) is 21.3. The van der Waals surface area contributed by atoms with Gasteiger partial charge >= 0.3 is 0 Å². The first-order valence-corrected chi connectivity index (χ1v) is 16.4. The molecule has 0 saturated carbocycles. The third-order valence-electron chi connectivity index (χ3n) is 8.69. The molecule has 2 aromatic heterocycles. The van der Waals surface area contributed by atoms with Crippen LogP contribution in [-0.4, -0.2) is 0 Å². The smallest absolute Gasteiger partial charge is 0.143 e. The molecule has 0 unspecified atom stereocenters. The van der Waals surface area contributed by atoms with Crippen molar-refractivity contribution < 1.29 is 22.2 Å². The van der Waals surface area contributed by atoms with Crippen LogP contribution in [-0.2, 0) is 0 Å². The number of anilines is 3. The second-order valence-electron chi connectivity index (χ2n) is 11.5. The van der Waals surface area contributed by atoms with Gasteiger partial charge in [-0.25, -0.2) is 0 Å². The number of furan rings is 1. The second-order valence-corrected chi connectivity index (χ2v) is 12.6. The highest BCUT2D eigenvalue weighted by atomic mass is 32.1. The van der Waals surface area contributed by atoms with Crippen LogP contribution < -0.4 is 4.90 Å². The van der Waals surface area contributed by atoms with Gasteiger partial charge in [0.15, 0.2) is 0 Å². The number of hydrogen-bond acceptors (Lipinski definition) is 3. The minimum Gasteiger partial charge on any atom is -0.455 e. The minimum atomic E-state index is -0.747. The van der Waals surface area contributed by atoms with Gasteiger partial charge < -0.3 is 9.32 Å². The van der Waals surface area contributed by atoms with Crippen molar-refractivity contribution in [2.24, 2.45) is 0 Å². The van der Waals surface area contributed by atoms with Crippen LogP contribution in [0.3, 0.4) is 0 Å². The molecule has 3 heteroatoms. The van der Waals surface area contributed by atoms with Gasteiger partial charge in [0.1, 0.15) is 11.2 Å². The molecule has 0 amide bonds. The van der Waals surface area contributed by atoms with Gasteiger partial charge in [0.25, 0.3) is 0 Å². The first-order valence-electron chi connectivity index (χ1n) is 22.0. The standard InChI is InChI=1S/C46H29NOS/c1-2-9-30(10-3-1)31-17-23-35(24-18-31)47(41-14-8-15-42-45(41)40-28-21-33-11-4-5-12-37(33)46(40)48-42)36-25-19-32(20-26-36)34-22-27-39-38-13-6-7-16-43(38)49-44(39)29-34/h1-29H/i1D,2D,3D,9D,10D,17D,18D,19D,20D,23D,24D,25D,26D. The average Bonchev–Trinajstić information content (AvgIpc) is 3.86. The van der Waals surface area contributed by atoms with E-state index in [1.165, 1.54) is 4.90 Å². The van der Waals surface area contributed by atoms with E-state index in [4.69, 9.17) is 11.3 Å². The van der Waals surface area contributed by atoms with Crippen LogP contribution in [0.5, 0.6) is 0 Å². The zero-order valence-electron chi connectivity index (χ0n) is 38.5. The van der Waals surface area contributed by atoms with E-state index in [0.717, 1.165) is 30.9 Å². The number of benzene rings is 8. The van der Waals surface area contributed by atoms with E-state index in [9.17, 15) is 11.0 Å². The van der Waals surface area contributed by atoms with E-state index < -0.39 is 95.4 Å². The summed E-state index contributed by atoms with van der Waals surface area (Å²) in [6.07, 6.45) is 0. The fraction of sp³-hybridized carbons (Fsp3) is 0. The van der Waals surface area contributed by atoms with Gasteiger partial charge in [0.05, 0.1) is 28.9 Å². The highest BCUT2D eigenvalue weighted by molar-refractivity contribution is 7.25. The molecular weight excluding hydrogens is 615 g/mol. The zero-order chi connectivity index (χ0) is 43.6. The van der Waals surface area contributed by atoms with Crippen molar-refractivity contribution in [3.05, 3.63) is 176 Å². The number of nitrogens with zero attached hydrogens (tertiary/aromatic N) is 1. The van der Waals surface area contributed by atoms with Gasteiger partial charge in [-0.15, -0.1) is 11.3 Å². The molecule has 0 aliphatic rings. The molecule has 0 aliphatic carbocycles. The minimum absolute atomic E-state index is 0.0255. The molecule has 49 heavy (non-hydrogen) atoms. The Morgan fingerprint density at radius 2 is 1.14 bits per heavy atom. The quantitative estimate of drug-likeness (QED) is 0.183. The Kier molecular flexibility index (Phi) is 4.09.